The number of ketones is 1. The van der Waals surface area contributed by atoms with Crippen molar-refractivity contribution in [2.75, 3.05) is 31.2 Å². The minimum absolute atomic E-state index is 0.245. The zero-order chi connectivity index (χ0) is 12.7. The summed E-state index contributed by atoms with van der Waals surface area (Å²) < 4.78 is 0. The smallest absolute Gasteiger partial charge is 0.178 e. The fourth-order valence-electron chi connectivity index (χ4n) is 2.45. The van der Waals surface area contributed by atoms with E-state index in [-0.39, 0.29) is 11.7 Å². The number of likely N-dealkylation sites (tertiary alicyclic amines) is 1. The molecule has 1 aromatic rings. The third-order valence-electron chi connectivity index (χ3n) is 3.67. The van der Waals surface area contributed by atoms with E-state index in [2.05, 4.69) is 17.3 Å². The molecule has 1 aliphatic carbocycles. The number of nitrogens with two attached hydrogens (primary N) is 1. The Morgan fingerprint density at radius 3 is 2.89 bits per heavy atom. The Labute approximate surface area is 111 Å². The number of Topliss-reactive ketones (excluding diaryl/α,β-unsaturated/α-hetero) is 1. The molecular formula is C13H19N3OS. The molecule has 2 heterocycles. The van der Waals surface area contributed by atoms with Gasteiger partial charge in [-0.1, -0.05) is 0 Å². The molecule has 1 unspecified atom stereocenters. The number of anilines is 2. The first-order valence-electron chi connectivity index (χ1n) is 6.52. The van der Waals surface area contributed by atoms with Crippen molar-refractivity contribution in [2.24, 2.45) is 5.92 Å². The molecule has 1 aromatic heterocycles. The van der Waals surface area contributed by atoms with Crippen molar-refractivity contribution < 1.29 is 4.79 Å². The van der Waals surface area contributed by atoms with Crippen LogP contribution in [0.15, 0.2) is 6.07 Å². The highest BCUT2D eigenvalue weighted by atomic mass is 32.1. The van der Waals surface area contributed by atoms with Gasteiger partial charge in [-0.05, 0) is 38.9 Å². The monoisotopic (exact) mass is 265 g/mol. The predicted molar refractivity (Wildman–Crippen MR) is 75.3 cm³/mol. The Bertz CT molecular complexity index is 467. The fourth-order valence-corrected chi connectivity index (χ4v) is 3.53. The van der Waals surface area contributed by atoms with Gasteiger partial charge in [0.2, 0.25) is 0 Å². The van der Waals surface area contributed by atoms with Gasteiger partial charge in [0.05, 0.1) is 15.6 Å². The highest BCUT2D eigenvalue weighted by Gasteiger charge is 2.33. The summed E-state index contributed by atoms with van der Waals surface area (Å²) in [5.41, 5.74) is 6.59. The summed E-state index contributed by atoms with van der Waals surface area (Å²) in [5, 5.41) is 4.53. The normalized spacial score (nSPS) is 24.4. The summed E-state index contributed by atoms with van der Waals surface area (Å²) >= 11 is 1.52. The topological polar surface area (TPSA) is 58.4 Å². The summed E-state index contributed by atoms with van der Waals surface area (Å²) in [4.78, 5) is 15.1. The van der Waals surface area contributed by atoms with Crippen molar-refractivity contribution in [1.29, 1.82) is 0 Å². The largest absolute Gasteiger partial charge is 0.397 e. The maximum Gasteiger partial charge on any atom is 0.178 e. The Hall–Kier alpha value is -1.07. The molecule has 3 rings (SSSR count). The molecule has 1 saturated heterocycles. The summed E-state index contributed by atoms with van der Waals surface area (Å²) in [7, 11) is 2.13. The highest BCUT2D eigenvalue weighted by molar-refractivity contribution is 7.18. The van der Waals surface area contributed by atoms with Crippen LogP contribution in [0.25, 0.3) is 0 Å². The second-order valence-corrected chi connectivity index (χ2v) is 6.48. The molecule has 0 bridgehead atoms. The molecule has 1 atom stereocenters. The molecule has 18 heavy (non-hydrogen) atoms. The second-order valence-electron chi connectivity index (χ2n) is 5.43. The number of thiophene rings is 1. The van der Waals surface area contributed by atoms with Gasteiger partial charge in [-0.3, -0.25) is 4.79 Å². The van der Waals surface area contributed by atoms with E-state index in [1.54, 1.807) is 0 Å². The Morgan fingerprint density at radius 1 is 1.50 bits per heavy atom. The number of hydrogen-bond donors (Lipinski definition) is 2. The van der Waals surface area contributed by atoms with Crippen LogP contribution in [0.2, 0.25) is 0 Å². The average molecular weight is 265 g/mol. The van der Waals surface area contributed by atoms with Crippen LogP contribution >= 0.6 is 11.3 Å². The molecule has 1 aliphatic heterocycles. The molecule has 4 nitrogen and oxygen atoms in total. The maximum absolute atomic E-state index is 12.0. The molecule has 0 aromatic carbocycles. The fraction of sp³-hybridized carbons (Fsp3) is 0.615. The molecule has 5 heteroatoms. The van der Waals surface area contributed by atoms with E-state index in [1.807, 2.05) is 6.07 Å². The van der Waals surface area contributed by atoms with Crippen molar-refractivity contribution in [1.82, 2.24) is 4.90 Å². The number of nitrogens with zero attached hydrogens (tertiary/aromatic N) is 1. The molecule has 0 radical (unpaired) electrons. The lowest BCUT2D eigenvalue weighted by molar-refractivity contribution is 0.0972. The number of carbonyl (C=O) groups is 1. The molecule has 0 amide bonds. The van der Waals surface area contributed by atoms with Crippen LogP contribution in [-0.2, 0) is 0 Å². The first-order chi connectivity index (χ1) is 8.63. The van der Waals surface area contributed by atoms with Crippen LogP contribution in [0, 0.1) is 5.92 Å². The maximum atomic E-state index is 12.0. The predicted octanol–water partition coefficient (Wildman–Crippen LogP) is 2.04. The average Bonchev–Trinajstić information content (AvgIpc) is 3.01. The van der Waals surface area contributed by atoms with Gasteiger partial charge >= 0.3 is 0 Å². The van der Waals surface area contributed by atoms with E-state index >= 15 is 0 Å². The van der Waals surface area contributed by atoms with Gasteiger partial charge in [-0.25, -0.2) is 0 Å². The number of hydrogen-bond acceptors (Lipinski definition) is 5. The van der Waals surface area contributed by atoms with Gasteiger partial charge < -0.3 is 16.0 Å². The second kappa shape index (κ2) is 4.55. The molecule has 3 N–H and O–H groups in total. The van der Waals surface area contributed by atoms with Crippen LogP contribution in [0.4, 0.5) is 10.7 Å². The number of nitrogen functional groups attached to an aromatic ring is 1. The standard InChI is InChI=1S/C13H19N3OS/c1-16-5-4-9(7-16)15-11-6-10(14)13(18-11)12(17)8-2-3-8/h6,8-9,15H,2-5,7,14H2,1H3. The van der Waals surface area contributed by atoms with Crippen LogP contribution in [0.3, 0.4) is 0 Å². The Kier molecular flexibility index (Phi) is 3.03. The first-order valence-corrected chi connectivity index (χ1v) is 7.33. The van der Waals surface area contributed by atoms with E-state index in [4.69, 9.17) is 5.73 Å². The van der Waals surface area contributed by atoms with E-state index in [0.717, 1.165) is 42.2 Å². The summed E-state index contributed by atoms with van der Waals surface area (Å²) in [5.74, 6) is 0.491. The van der Waals surface area contributed by atoms with E-state index < -0.39 is 0 Å². The van der Waals surface area contributed by atoms with Gasteiger partial charge in [0, 0.05) is 18.5 Å². The third kappa shape index (κ3) is 2.37. The van der Waals surface area contributed by atoms with Crippen LogP contribution in [-0.4, -0.2) is 36.9 Å². The SMILES string of the molecule is CN1CCC(Nc2cc(N)c(C(=O)C3CC3)s2)C1. The number of nitrogens with one attached hydrogen (secondary N) is 1. The third-order valence-corrected chi connectivity index (χ3v) is 4.77. The Balaban J connectivity index is 1.69. The lowest BCUT2D eigenvalue weighted by atomic mass is 10.2. The van der Waals surface area contributed by atoms with Crippen LogP contribution in [0.1, 0.15) is 28.9 Å². The van der Waals surface area contributed by atoms with Gasteiger partial charge in [-0.15, -0.1) is 11.3 Å². The lowest BCUT2D eigenvalue weighted by Crippen LogP contribution is -2.22. The summed E-state index contributed by atoms with van der Waals surface area (Å²) in [6.07, 6.45) is 3.22. The zero-order valence-corrected chi connectivity index (χ0v) is 11.4. The quantitative estimate of drug-likeness (QED) is 0.818. The summed E-state index contributed by atoms with van der Waals surface area (Å²) in [6, 6.07) is 2.40. The van der Waals surface area contributed by atoms with Gasteiger partial charge in [0.15, 0.2) is 5.78 Å². The zero-order valence-electron chi connectivity index (χ0n) is 10.6. The Morgan fingerprint density at radius 2 is 2.28 bits per heavy atom. The number of carbonyl (C=O) groups excluding carboxylic acids is 1. The first kappa shape index (κ1) is 12.0. The lowest BCUT2D eigenvalue weighted by Gasteiger charge is -2.11. The molecule has 2 fully saturated rings. The van der Waals surface area contributed by atoms with Crippen LogP contribution < -0.4 is 11.1 Å². The molecule has 98 valence electrons. The molecule has 2 aliphatic rings. The van der Waals surface area contributed by atoms with Gasteiger partial charge in [-0.2, -0.15) is 0 Å². The molecule has 0 spiro atoms. The summed E-state index contributed by atoms with van der Waals surface area (Å²) in [6.45, 7) is 2.19. The van der Waals surface area contributed by atoms with Crippen molar-refractivity contribution in [3.8, 4) is 0 Å². The number of likely N-dealkylation sites (N-methyl/N-ethyl adjacent to an activating group) is 1. The van der Waals surface area contributed by atoms with E-state index in [0.29, 0.717) is 11.7 Å². The van der Waals surface area contributed by atoms with Crippen molar-refractivity contribution in [3.05, 3.63) is 10.9 Å². The van der Waals surface area contributed by atoms with Crippen molar-refractivity contribution in [3.63, 3.8) is 0 Å². The minimum Gasteiger partial charge on any atom is -0.397 e. The van der Waals surface area contributed by atoms with Gasteiger partial charge in [0.25, 0.3) is 0 Å². The van der Waals surface area contributed by atoms with Crippen molar-refractivity contribution >= 4 is 27.8 Å². The molecular weight excluding hydrogens is 246 g/mol. The van der Waals surface area contributed by atoms with Crippen LogP contribution in [0.5, 0.6) is 0 Å². The van der Waals surface area contributed by atoms with Crippen molar-refractivity contribution in [2.45, 2.75) is 25.3 Å². The van der Waals surface area contributed by atoms with E-state index in [1.165, 1.54) is 11.3 Å². The highest BCUT2D eigenvalue weighted by Crippen LogP contribution is 2.39. The van der Waals surface area contributed by atoms with Gasteiger partial charge in [0.1, 0.15) is 0 Å². The molecule has 1 saturated carbocycles. The number of rotatable bonds is 4. The van der Waals surface area contributed by atoms with E-state index in [9.17, 15) is 4.79 Å². The minimum atomic E-state index is 0.245.